The van der Waals surface area contributed by atoms with Crippen molar-refractivity contribution in [3.8, 4) is 17.3 Å². The van der Waals surface area contributed by atoms with Crippen LogP contribution in [0, 0.1) is 17.0 Å². The van der Waals surface area contributed by atoms with Crippen molar-refractivity contribution in [2.45, 2.75) is 6.92 Å². The number of carbonyl (C=O) groups excluding carboxylic acids is 1. The Morgan fingerprint density at radius 2 is 1.87 bits per heavy atom. The van der Waals surface area contributed by atoms with Crippen LogP contribution in [0.3, 0.4) is 0 Å². The van der Waals surface area contributed by atoms with E-state index < -0.39 is 28.7 Å². The lowest BCUT2D eigenvalue weighted by Gasteiger charge is -2.10. The van der Waals surface area contributed by atoms with Gasteiger partial charge in [0.25, 0.3) is 11.5 Å². The average molecular weight is 731 g/mol. The Kier molecular flexibility index (Phi) is 8.28. The van der Waals surface area contributed by atoms with E-state index in [4.69, 9.17) is 9.15 Å². The van der Waals surface area contributed by atoms with Gasteiger partial charge in [0.05, 0.1) is 26.5 Å². The van der Waals surface area contributed by atoms with Gasteiger partial charge in [0.15, 0.2) is 12.4 Å². The first kappa shape index (κ1) is 29.9. The maximum atomic E-state index is 13.6. The highest BCUT2D eigenvalue weighted by Gasteiger charge is 2.22. The number of para-hydroxylation sites is 1. The van der Waals surface area contributed by atoms with Crippen LogP contribution < -0.4 is 15.6 Å². The van der Waals surface area contributed by atoms with Gasteiger partial charge in [-0.25, -0.2) is 4.98 Å². The third-order valence-corrected chi connectivity index (χ3v) is 7.78. The zero-order valence-corrected chi connectivity index (χ0v) is 26.5. The minimum atomic E-state index is -0.628. The van der Waals surface area contributed by atoms with Crippen molar-refractivity contribution in [3.63, 3.8) is 0 Å². The molecule has 0 aliphatic heterocycles. The SMILES string of the molecule is Cc1ccc(NC(=O)COc2c(Br)cc(C=Nn3c(-c4cc5cc(Br)ccc5o4)nc4ccccc4c3=O)cc2[N+](=O)[O-])cc1. The molecule has 45 heavy (non-hydrogen) atoms. The van der Waals surface area contributed by atoms with E-state index >= 15 is 0 Å². The zero-order chi connectivity index (χ0) is 31.7. The van der Waals surface area contributed by atoms with E-state index in [-0.39, 0.29) is 21.6 Å². The van der Waals surface area contributed by atoms with E-state index in [0.29, 0.717) is 27.9 Å². The Balaban J connectivity index is 1.34. The number of amides is 1. The van der Waals surface area contributed by atoms with E-state index in [1.165, 1.54) is 18.3 Å². The van der Waals surface area contributed by atoms with Crippen LogP contribution in [0.2, 0.25) is 0 Å². The topological polar surface area (TPSA) is 142 Å². The van der Waals surface area contributed by atoms with Gasteiger partial charge in [-0.05, 0) is 77.5 Å². The summed E-state index contributed by atoms with van der Waals surface area (Å²) >= 11 is 6.77. The smallest absolute Gasteiger partial charge is 0.312 e. The molecular weight excluding hydrogens is 710 g/mol. The number of furan rings is 1. The highest BCUT2D eigenvalue weighted by Crippen LogP contribution is 2.36. The van der Waals surface area contributed by atoms with Crippen LogP contribution in [0.4, 0.5) is 11.4 Å². The Morgan fingerprint density at radius 3 is 2.64 bits per heavy atom. The molecule has 1 N–H and O–H groups in total. The van der Waals surface area contributed by atoms with E-state index in [2.05, 4.69) is 47.3 Å². The summed E-state index contributed by atoms with van der Waals surface area (Å²) in [6, 6.07) is 24.1. The monoisotopic (exact) mass is 729 g/mol. The molecule has 2 aromatic heterocycles. The van der Waals surface area contributed by atoms with Crippen molar-refractivity contribution in [2.24, 2.45) is 5.10 Å². The van der Waals surface area contributed by atoms with Gasteiger partial charge in [0.2, 0.25) is 11.6 Å². The second-order valence-corrected chi connectivity index (χ2v) is 11.7. The number of hydrogen-bond acceptors (Lipinski definition) is 8. The summed E-state index contributed by atoms with van der Waals surface area (Å²) in [6.45, 7) is 1.46. The summed E-state index contributed by atoms with van der Waals surface area (Å²) in [7, 11) is 0. The third-order valence-electron chi connectivity index (χ3n) is 6.70. The van der Waals surface area contributed by atoms with Crippen molar-refractivity contribution < 1.29 is 18.9 Å². The van der Waals surface area contributed by atoms with Gasteiger partial charge in [0.1, 0.15) is 5.58 Å². The van der Waals surface area contributed by atoms with E-state index in [0.717, 1.165) is 20.1 Å². The summed E-state index contributed by atoms with van der Waals surface area (Å²) in [4.78, 5) is 42.1. The largest absolute Gasteiger partial charge is 0.476 e. The molecule has 0 fully saturated rings. The molecule has 0 saturated carbocycles. The van der Waals surface area contributed by atoms with Gasteiger partial charge in [-0.2, -0.15) is 9.78 Å². The minimum Gasteiger partial charge on any atom is -0.476 e. The number of halogens is 2. The van der Waals surface area contributed by atoms with E-state index in [1.54, 1.807) is 48.5 Å². The number of aromatic nitrogens is 2. The second-order valence-electron chi connectivity index (χ2n) is 9.92. The van der Waals surface area contributed by atoms with Gasteiger partial charge in [-0.15, -0.1) is 0 Å². The summed E-state index contributed by atoms with van der Waals surface area (Å²) in [6.07, 6.45) is 1.30. The van der Waals surface area contributed by atoms with Gasteiger partial charge in [-0.3, -0.25) is 19.7 Å². The second kappa shape index (κ2) is 12.5. The average Bonchev–Trinajstić information content (AvgIpc) is 3.44. The van der Waals surface area contributed by atoms with Crippen molar-refractivity contribution in [2.75, 3.05) is 11.9 Å². The number of nitro groups is 1. The lowest BCUT2D eigenvalue weighted by Crippen LogP contribution is -2.20. The van der Waals surface area contributed by atoms with Gasteiger partial charge < -0.3 is 14.5 Å². The highest BCUT2D eigenvalue weighted by molar-refractivity contribution is 9.10. The molecule has 6 aromatic rings. The van der Waals surface area contributed by atoms with Crippen molar-refractivity contribution >= 4 is 77.2 Å². The van der Waals surface area contributed by atoms with Gasteiger partial charge in [-0.1, -0.05) is 45.8 Å². The molecule has 4 aromatic carbocycles. The number of benzene rings is 4. The molecule has 0 saturated heterocycles. The zero-order valence-electron chi connectivity index (χ0n) is 23.4. The molecule has 1 amide bonds. The molecule has 0 spiro atoms. The molecule has 0 radical (unpaired) electrons. The number of nitrogens with one attached hydrogen (secondary N) is 1. The van der Waals surface area contributed by atoms with E-state index in [1.807, 2.05) is 31.2 Å². The number of hydrogen-bond donors (Lipinski definition) is 1. The Labute approximate surface area is 271 Å². The Hall–Kier alpha value is -5.14. The number of rotatable bonds is 8. The van der Waals surface area contributed by atoms with Crippen LogP contribution in [0.1, 0.15) is 11.1 Å². The van der Waals surface area contributed by atoms with Crippen molar-refractivity contribution in [3.05, 3.63) is 125 Å². The molecule has 6 rings (SSSR count). The molecule has 11 nitrogen and oxygen atoms in total. The first-order chi connectivity index (χ1) is 21.7. The van der Waals surface area contributed by atoms with Crippen LogP contribution in [-0.2, 0) is 4.79 Å². The Bertz CT molecular complexity index is 2210. The predicted molar refractivity (Wildman–Crippen MR) is 178 cm³/mol. The summed E-state index contributed by atoms with van der Waals surface area (Å²) < 4.78 is 13.7. The first-order valence-corrected chi connectivity index (χ1v) is 15.0. The number of fused-ring (bicyclic) bond motifs is 2. The van der Waals surface area contributed by atoms with Gasteiger partial charge >= 0.3 is 5.69 Å². The lowest BCUT2D eigenvalue weighted by molar-refractivity contribution is -0.385. The number of carbonyl (C=O) groups is 1. The lowest BCUT2D eigenvalue weighted by atomic mass is 10.2. The first-order valence-electron chi connectivity index (χ1n) is 13.4. The number of nitrogens with zero attached hydrogens (tertiary/aromatic N) is 4. The molecular formula is C32H21Br2N5O6. The summed E-state index contributed by atoms with van der Waals surface area (Å²) in [5, 5.41) is 20.2. The molecule has 13 heteroatoms. The normalized spacial score (nSPS) is 11.4. The van der Waals surface area contributed by atoms with Crippen LogP contribution in [-0.4, -0.2) is 33.3 Å². The highest BCUT2D eigenvalue weighted by atomic mass is 79.9. The number of nitro benzene ring substituents is 1. The summed E-state index contributed by atoms with van der Waals surface area (Å²) in [5.41, 5.74) is 2.08. The van der Waals surface area contributed by atoms with E-state index in [9.17, 15) is 19.7 Å². The third kappa shape index (κ3) is 6.40. The maximum absolute atomic E-state index is 13.6. The Morgan fingerprint density at radius 1 is 1.09 bits per heavy atom. The quantitative estimate of drug-likeness (QED) is 0.0974. The fourth-order valence-corrected chi connectivity index (χ4v) is 5.52. The molecule has 224 valence electrons. The van der Waals surface area contributed by atoms with Crippen LogP contribution in [0.5, 0.6) is 5.75 Å². The standard InChI is InChI=1S/C32H21Br2N5O6/c1-18-6-9-22(10-7-18)36-29(40)17-44-30-24(34)12-19(13-26(30)39(42)43)16-35-38-31(37-25-5-3-2-4-23(25)32(38)41)28-15-20-14-21(33)8-11-27(20)45-28/h2-16H,17H2,1H3,(H,36,40). The minimum absolute atomic E-state index is 0.130. The molecule has 0 aliphatic rings. The number of ether oxygens (including phenoxy) is 1. The fraction of sp³-hybridized carbons (Fsp3) is 0.0625. The molecule has 2 heterocycles. The maximum Gasteiger partial charge on any atom is 0.312 e. The molecule has 0 bridgehead atoms. The van der Waals surface area contributed by atoms with Crippen LogP contribution in [0.15, 0.2) is 108 Å². The van der Waals surface area contributed by atoms with Crippen molar-refractivity contribution in [1.82, 2.24) is 9.66 Å². The number of anilines is 1. The summed E-state index contributed by atoms with van der Waals surface area (Å²) in [5.74, 6) is -0.160. The van der Waals surface area contributed by atoms with Crippen LogP contribution in [0.25, 0.3) is 33.5 Å². The fourth-order valence-electron chi connectivity index (χ4n) is 4.56. The molecule has 0 aliphatic carbocycles. The van der Waals surface area contributed by atoms with Crippen LogP contribution >= 0.6 is 31.9 Å². The van der Waals surface area contributed by atoms with Gasteiger partial charge in [0, 0.05) is 27.2 Å². The van der Waals surface area contributed by atoms with Crippen molar-refractivity contribution in [1.29, 1.82) is 0 Å². The predicted octanol–water partition coefficient (Wildman–Crippen LogP) is 7.45. The number of aryl methyl sites for hydroxylation is 1. The molecule has 0 atom stereocenters. The molecule has 0 unspecified atom stereocenters.